The molecule has 0 saturated carbocycles. The van der Waals surface area contributed by atoms with E-state index in [1.165, 1.54) is 10.9 Å². The van der Waals surface area contributed by atoms with E-state index in [2.05, 4.69) is 5.10 Å². The molecule has 0 saturated heterocycles. The molecule has 0 aliphatic carbocycles. The first-order chi connectivity index (χ1) is 7.50. The zero-order valence-electron chi connectivity index (χ0n) is 9.44. The lowest BCUT2D eigenvalue weighted by molar-refractivity contribution is 0.0942. The number of nitrogen functional groups attached to an aromatic ring is 1. The fraction of sp³-hybridized carbons (Fsp3) is 0.273. The zero-order chi connectivity index (χ0) is 11.9. The molecule has 0 unspecified atom stereocenters. The second-order valence-electron chi connectivity index (χ2n) is 3.77. The lowest BCUT2D eigenvalue weighted by Crippen LogP contribution is -2.14. The number of aromatic nitrogens is 2. The lowest BCUT2D eigenvalue weighted by Gasteiger charge is -1.99. The minimum Gasteiger partial charge on any atom is -0.469 e. The van der Waals surface area contributed by atoms with Gasteiger partial charge in [0, 0.05) is 5.56 Å². The Labute approximate surface area is 92.9 Å². The van der Waals surface area contributed by atoms with Crippen LogP contribution in [0.1, 0.15) is 27.4 Å². The first-order valence-corrected chi connectivity index (χ1v) is 4.92. The monoisotopic (exact) mass is 219 g/mol. The Kier molecular flexibility index (Phi) is 2.30. The molecule has 0 aliphatic heterocycles. The summed E-state index contributed by atoms with van der Waals surface area (Å²) in [6.07, 6.45) is 3.08. The van der Waals surface area contributed by atoms with E-state index in [0.717, 1.165) is 5.56 Å². The molecular formula is C11H13N3O2. The summed E-state index contributed by atoms with van der Waals surface area (Å²) in [5.74, 6) is 0.373. The summed E-state index contributed by atoms with van der Waals surface area (Å²) in [5, 5.41) is 4.05. The van der Waals surface area contributed by atoms with Gasteiger partial charge in [-0.2, -0.15) is 5.10 Å². The highest BCUT2D eigenvalue weighted by molar-refractivity contribution is 5.97. The molecule has 2 heterocycles. The number of carbonyl (C=O) groups is 1. The number of carbonyl (C=O) groups excluding carboxylic acids is 1. The molecule has 2 rings (SSSR count). The van der Waals surface area contributed by atoms with E-state index in [4.69, 9.17) is 10.2 Å². The number of hydrogen-bond donors (Lipinski definition) is 1. The van der Waals surface area contributed by atoms with Crippen molar-refractivity contribution in [2.75, 3.05) is 5.73 Å². The summed E-state index contributed by atoms with van der Waals surface area (Å²) < 4.78 is 6.43. The van der Waals surface area contributed by atoms with Crippen molar-refractivity contribution in [1.82, 2.24) is 9.78 Å². The molecule has 0 fully saturated rings. The Balaban J connectivity index is 2.47. The van der Waals surface area contributed by atoms with Crippen molar-refractivity contribution < 1.29 is 9.21 Å². The van der Waals surface area contributed by atoms with Gasteiger partial charge in [-0.25, -0.2) is 4.68 Å². The summed E-state index contributed by atoms with van der Waals surface area (Å²) in [5.41, 5.74) is 8.15. The Hall–Kier alpha value is -2.04. The van der Waals surface area contributed by atoms with Crippen LogP contribution >= 0.6 is 0 Å². The Bertz CT molecular complexity index is 513. The number of nitrogens with two attached hydrogens (primary N) is 1. The molecule has 0 atom stereocenters. The fourth-order valence-corrected chi connectivity index (χ4v) is 1.58. The van der Waals surface area contributed by atoms with Crippen LogP contribution in [-0.4, -0.2) is 15.7 Å². The van der Waals surface area contributed by atoms with Crippen molar-refractivity contribution in [2.45, 2.75) is 20.8 Å². The van der Waals surface area contributed by atoms with Gasteiger partial charge in [0.2, 0.25) is 0 Å². The maximum atomic E-state index is 12.1. The molecule has 0 bridgehead atoms. The van der Waals surface area contributed by atoms with Gasteiger partial charge in [-0.15, -0.1) is 0 Å². The fourth-order valence-electron chi connectivity index (χ4n) is 1.58. The predicted octanol–water partition coefficient (Wildman–Crippen LogP) is 1.67. The van der Waals surface area contributed by atoms with E-state index in [1.807, 2.05) is 6.92 Å². The molecule has 5 heteroatoms. The zero-order valence-corrected chi connectivity index (χ0v) is 9.44. The third kappa shape index (κ3) is 1.50. The van der Waals surface area contributed by atoms with E-state index in [9.17, 15) is 4.79 Å². The minimum atomic E-state index is -0.219. The Morgan fingerprint density at radius 3 is 2.56 bits per heavy atom. The maximum Gasteiger partial charge on any atom is 0.282 e. The molecule has 5 nitrogen and oxygen atoms in total. The molecule has 2 aromatic rings. The number of aryl methyl sites for hydroxylation is 3. The average Bonchev–Trinajstić information content (AvgIpc) is 2.72. The second kappa shape index (κ2) is 3.52. The van der Waals surface area contributed by atoms with Gasteiger partial charge in [-0.05, 0) is 20.8 Å². The number of hydrogen-bond acceptors (Lipinski definition) is 4. The first-order valence-electron chi connectivity index (χ1n) is 4.92. The summed E-state index contributed by atoms with van der Waals surface area (Å²) in [6.45, 7) is 5.33. The normalized spacial score (nSPS) is 10.7. The highest BCUT2D eigenvalue weighted by Gasteiger charge is 2.18. The summed E-state index contributed by atoms with van der Waals surface area (Å²) >= 11 is 0. The summed E-state index contributed by atoms with van der Waals surface area (Å²) in [4.78, 5) is 12.1. The van der Waals surface area contributed by atoms with Crippen LogP contribution in [0, 0.1) is 20.8 Å². The molecule has 0 aromatic carbocycles. The van der Waals surface area contributed by atoms with Gasteiger partial charge < -0.3 is 10.2 Å². The van der Waals surface area contributed by atoms with E-state index in [0.29, 0.717) is 22.7 Å². The van der Waals surface area contributed by atoms with Crippen molar-refractivity contribution >= 4 is 11.6 Å². The Morgan fingerprint density at radius 2 is 2.12 bits per heavy atom. The van der Waals surface area contributed by atoms with Crippen LogP contribution in [0.5, 0.6) is 0 Å². The molecule has 84 valence electrons. The maximum absolute atomic E-state index is 12.1. The quantitative estimate of drug-likeness (QED) is 0.791. The highest BCUT2D eigenvalue weighted by atomic mass is 16.3. The van der Waals surface area contributed by atoms with Crippen molar-refractivity contribution in [2.24, 2.45) is 0 Å². The third-order valence-corrected chi connectivity index (χ3v) is 2.52. The lowest BCUT2D eigenvalue weighted by atomic mass is 10.1. The van der Waals surface area contributed by atoms with Crippen LogP contribution in [0.15, 0.2) is 16.9 Å². The van der Waals surface area contributed by atoms with Crippen molar-refractivity contribution in [3.05, 3.63) is 35.0 Å². The highest BCUT2D eigenvalue weighted by Crippen LogP contribution is 2.18. The van der Waals surface area contributed by atoms with Crippen LogP contribution in [0.25, 0.3) is 0 Å². The van der Waals surface area contributed by atoms with E-state index in [-0.39, 0.29) is 5.91 Å². The van der Waals surface area contributed by atoms with E-state index in [1.54, 1.807) is 20.1 Å². The molecular weight excluding hydrogens is 206 g/mol. The van der Waals surface area contributed by atoms with Gasteiger partial charge in [0.15, 0.2) is 0 Å². The van der Waals surface area contributed by atoms with Crippen LogP contribution in [0.2, 0.25) is 0 Å². The molecule has 16 heavy (non-hydrogen) atoms. The van der Waals surface area contributed by atoms with E-state index >= 15 is 0 Å². The minimum absolute atomic E-state index is 0.219. The third-order valence-electron chi connectivity index (χ3n) is 2.52. The molecule has 0 amide bonds. The standard InChI is InChI=1S/C11H13N3O2/c1-6-5-16-8(3)10(6)11(15)14-4-9(12)7(2)13-14/h4-5H,12H2,1-3H3. The van der Waals surface area contributed by atoms with Gasteiger partial charge in [-0.1, -0.05) is 0 Å². The van der Waals surface area contributed by atoms with Gasteiger partial charge in [0.25, 0.3) is 5.91 Å². The largest absolute Gasteiger partial charge is 0.469 e. The molecule has 2 aromatic heterocycles. The van der Waals surface area contributed by atoms with Crippen LogP contribution in [0.3, 0.4) is 0 Å². The predicted molar refractivity (Wildman–Crippen MR) is 59.3 cm³/mol. The second-order valence-corrected chi connectivity index (χ2v) is 3.77. The summed E-state index contributed by atoms with van der Waals surface area (Å²) in [6, 6.07) is 0. The van der Waals surface area contributed by atoms with Crippen LogP contribution in [0.4, 0.5) is 5.69 Å². The van der Waals surface area contributed by atoms with Crippen LogP contribution < -0.4 is 5.73 Å². The first kappa shape index (κ1) is 10.5. The van der Waals surface area contributed by atoms with Gasteiger partial charge in [0.05, 0.1) is 29.4 Å². The van der Waals surface area contributed by atoms with Crippen molar-refractivity contribution in [3.8, 4) is 0 Å². The summed E-state index contributed by atoms with van der Waals surface area (Å²) in [7, 11) is 0. The number of nitrogens with zero attached hydrogens (tertiary/aromatic N) is 2. The number of anilines is 1. The van der Waals surface area contributed by atoms with E-state index < -0.39 is 0 Å². The Morgan fingerprint density at radius 1 is 1.44 bits per heavy atom. The van der Waals surface area contributed by atoms with Gasteiger partial charge in [0.1, 0.15) is 5.76 Å². The molecule has 0 aliphatic rings. The average molecular weight is 219 g/mol. The van der Waals surface area contributed by atoms with Crippen molar-refractivity contribution in [1.29, 1.82) is 0 Å². The number of furan rings is 1. The van der Waals surface area contributed by atoms with Crippen molar-refractivity contribution in [3.63, 3.8) is 0 Å². The number of rotatable bonds is 1. The van der Waals surface area contributed by atoms with Gasteiger partial charge in [-0.3, -0.25) is 4.79 Å². The smallest absolute Gasteiger partial charge is 0.282 e. The molecule has 0 radical (unpaired) electrons. The SMILES string of the molecule is Cc1coc(C)c1C(=O)n1cc(N)c(C)n1. The molecule has 0 spiro atoms. The van der Waals surface area contributed by atoms with Crippen LogP contribution in [-0.2, 0) is 0 Å². The topological polar surface area (TPSA) is 74.0 Å². The van der Waals surface area contributed by atoms with Gasteiger partial charge >= 0.3 is 0 Å². The molecule has 2 N–H and O–H groups in total.